The molecule has 0 aromatic carbocycles. The summed E-state index contributed by atoms with van der Waals surface area (Å²) in [6.07, 6.45) is 8.77. The largest absolute Gasteiger partial charge is 0.381 e. The highest BCUT2D eigenvalue weighted by Gasteiger charge is 2.49. The van der Waals surface area contributed by atoms with E-state index in [-0.39, 0.29) is 0 Å². The van der Waals surface area contributed by atoms with E-state index in [2.05, 4.69) is 11.2 Å². The van der Waals surface area contributed by atoms with Gasteiger partial charge in [0.25, 0.3) is 0 Å². The van der Waals surface area contributed by atoms with Crippen molar-refractivity contribution in [2.75, 3.05) is 5.73 Å². The topological polar surface area (TPSA) is 67.6 Å². The van der Waals surface area contributed by atoms with Crippen LogP contribution in [0.25, 0.3) is 0 Å². The molecule has 4 aliphatic carbocycles. The first-order valence-corrected chi connectivity index (χ1v) is 6.99. The van der Waals surface area contributed by atoms with Crippen molar-refractivity contribution in [3.63, 3.8) is 0 Å². The number of nitrogens with two attached hydrogens (primary N) is 1. The maximum Gasteiger partial charge on any atom is 0.163 e. The van der Waals surface area contributed by atoms with Crippen LogP contribution in [-0.4, -0.2) is 9.78 Å². The third-order valence-electron chi connectivity index (χ3n) is 5.36. The molecule has 0 atom stereocenters. The molecule has 94 valence electrons. The second kappa shape index (κ2) is 3.50. The van der Waals surface area contributed by atoms with E-state index in [1.54, 1.807) is 0 Å². The van der Waals surface area contributed by atoms with E-state index < -0.39 is 0 Å². The summed E-state index contributed by atoms with van der Waals surface area (Å²) in [5, 5.41) is 13.4. The van der Waals surface area contributed by atoms with Crippen LogP contribution < -0.4 is 5.73 Å². The Balaban J connectivity index is 1.70. The Hall–Kier alpha value is -1.50. The van der Waals surface area contributed by atoms with Gasteiger partial charge in [0.1, 0.15) is 11.6 Å². The molecule has 1 aromatic rings. The minimum Gasteiger partial charge on any atom is -0.381 e. The van der Waals surface area contributed by atoms with Gasteiger partial charge in [0.15, 0.2) is 5.82 Å². The van der Waals surface area contributed by atoms with Crippen LogP contribution in [0.4, 0.5) is 5.82 Å². The number of rotatable bonds is 1. The lowest BCUT2D eigenvalue weighted by atomic mass is 9.54. The molecule has 0 unspecified atom stereocenters. The summed E-state index contributed by atoms with van der Waals surface area (Å²) in [6.45, 7) is 0. The van der Waals surface area contributed by atoms with Gasteiger partial charge in [-0.1, -0.05) is 0 Å². The fourth-order valence-electron chi connectivity index (χ4n) is 4.97. The van der Waals surface area contributed by atoms with Gasteiger partial charge in [0.2, 0.25) is 0 Å². The van der Waals surface area contributed by atoms with Gasteiger partial charge in [0, 0.05) is 6.20 Å². The zero-order valence-corrected chi connectivity index (χ0v) is 10.4. The first-order valence-electron chi connectivity index (χ1n) is 6.99. The summed E-state index contributed by atoms with van der Waals surface area (Å²) in [5.74, 6) is 3.87. The predicted octanol–water partition coefficient (Wildman–Crippen LogP) is 2.33. The summed E-state index contributed by atoms with van der Waals surface area (Å²) in [7, 11) is 0. The van der Waals surface area contributed by atoms with Crippen LogP contribution in [0.1, 0.15) is 43.7 Å². The SMILES string of the molecule is N#Cc1cn(C2C3CC4CC(C3)CC2C4)nc1N. The van der Waals surface area contributed by atoms with E-state index in [9.17, 15) is 0 Å². The van der Waals surface area contributed by atoms with Crippen molar-refractivity contribution in [2.24, 2.45) is 23.7 Å². The average Bonchev–Trinajstić information content (AvgIpc) is 2.69. The molecule has 1 aromatic heterocycles. The summed E-state index contributed by atoms with van der Waals surface area (Å²) >= 11 is 0. The molecule has 4 aliphatic rings. The molecule has 18 heavy (non-hydrogen) atoms. The van der Waals surface area contributed by atoms with E-state index in [1.165, 1.54) is 32.1 Å². The van der Waals surface area contributed by atoms with Crippen molar-refractivity contribution >= 4 is 5.82 Å². The van der Waals surface area contributed by atoms with Crippen LogP contribution in [0.15, 0.2) is 6.20 Å². The quantitative estimate of drug-likeness (QED) is 0.821. The number of hydrogen-bond donors (Lipinski definition) is 1. The van der Waals surface area contributed by atoms with E-state index in [0.29, 0.717) is 17.4 Å². The van der Waals surface area contributed by atoms with E-state index >= 15 is 0 Å². The Labute approximate surface area is 107 Å². The molecule has 1 heterocycles. The average molecular weight is 242 g/mol. The number of nitriles is 1. The van der Waals surface area contributed by atoms with Gasteiger partial charge in [-0.2, -0.15) is 10.4 Å². The third-order valence-corrected chi connectivity index (χ3v) is 5.36. The van der Waals surface area contributed by atoms with Crippen molar-refractivity contribution in [1.82, 2.24) is 9.78 Å². The molecule has 5 rings (SSSR count). The van der Waals surface area contributed by atoms with Gasteiger partial charge in [-0.05, 0) is 55.8 Å². The summed E-state index contributed by atoms with van der Waals surface area (Å²) in [5.41, 5.74) is 6.32. The van der Waals surface area contributed by atoms with Gasteiger partial charge in [-0.3, -0.25) is 4.68 Å². The molecule has 0 saturated heterocycles. The molecule has 0 aliphatic heterocycles. The normalized spacial score (nSPS) is 40.9. The molecule has 0 amide bonds. The monoisotopic (exact) mass is 242 g/mol. The Kier molecular flexibility index (Phi) is 2.03. The number of aromatic nitrogens is 2. The molecular formula is C14H18N4. The van der Waals surface area contributed by atoms with E-state index in [1.807, 2.05) is 10.9 Å². The lowest BCUT2D eigenvalue weighted by Gasteiger charge is -2.54. The van der Waals surface area contributed by atoms with Gasteiger partial charge in [0.05, 0.1) is 6.04 Å². The van der Waals surface area contributed by atoms with Crippen molar-refractivity contribution in [2.45, 2.75) is 38.1 Å². The smallest absolute Gasteiger partial charge is 0.163 e. The highest BCUT2D eigenvalue weighted by atomic mass is 15.3. The molecule has 4 bridgehead atoms. The first-order chi connectivity index (χ1) is 8.74. The first kappa shape index (κ1) is 10.4. The molecule has 4 fully saturated rings. The molecular weight excluding hydrogens is 224 g/mol. The number of hydrogen-bond acceptors (Lipinski definition) is 3. The maximum absolute atomic E-state index is 9.00. The molecule has 4 nitrogen and oxygen atoms in total. The van der Waals surface area contributed by atoms with Crippen molar-refractivity contribution in [1.29, 1.82) is 5.26 Å². The van der Waals surface area contributed by atoms with Gasteiger partial charge in [-0.15, -0.1) is 0 Å². The lowest BCUT2D eigenvalue weighted by molar-refractivity contribution is -0.0335. The van der Waals surface area contributed by atoms with Gasteiger partial charge >= 0.3 is 0 Å². The van der Waals surface area contributed by atoms with E-state index in [0.717, 1.165) is 23.7 Å². The highest BCUT2D eigenvalue weighted by Crippen LogP contribution is 2.58. The van der Waals surface area contributed by atoms with Crippen LogP contribution in [0.2, 0.25) is 0 Å². The zero-order valence-electron chi connectivity index (χ0n) is 10.4. The summed E-state index contributed by atoms with van der Waals surface area (Å²) in [4.78, 5) is 0. The van der Waals surface area contributed by atoms with Gasteiger partial charge < -0.3 is 5.73 Å². The van der Waals surface area contributed by atoms with Crippen molar-refractivity contribution < 1.29 is 0 Å². The fraction of sp³-hybridized carbons (Fsp3) is 0.714. The Morgan fingerprint density at radius 3 is 2.28 bits per heavy atom. The van der Waals surface area contributed by atoms with Crippen LogP contribution in [-0.2, 0) is 0 Å². The molecule has 2 N–H and O–H groups in total. The summed E-state index contributed by atoms with van der Waals surface area (Å²) < 4.78 is 2.01. The number of nitrogen functional groups attached to an aromatic ring is 1. The minimum atomic E-state index is 0.395. The van der Waals surface area contributed by atoms with Gasteiger partial charge in [-0.25, -0.2) is 0 Å². The molecule has 4 heteroatoms. The molecule has 0 spiro atoms. The third kappa shape index (κ3) is 1.33. The van der Waals surface area contributed by atoms with E-state index in [4.69, 9.17) is 11.0 Å². The zero-order chi connectivity index (χ0) is 12.3. The second-order valence-corrected chi connectivity index (χ2v) is 6.44. The minimum absolute atomic E-state index is 0.395. The lowest BCUT2D eigenvalue weighted by Crippen LogP contribution is -2.46. The van der Waals surface area contributed by atoms with Crippen molar-refractivity contribution in [3.05, 3.63) is 11.8 Å². The van der Waals surface area contributed by atoms with Crippen LogP contribution >= 0.6 is 0 Å². The van der Waals surface area contributed by atoms with Crippen LogP contribution in [0, 0.1) is 35.0 Å². The van der Waals surface area contributed by atoms with Crippen LogP contribution in [0.5, 0.6) is 0 Å². The Morgan fingerprint density at radius 1 is 1.17 bits per heavy atom. The highest BCUT2D eigenvalue weighted by molar-refractivity contribution is 5.46. The number of anilines is 1. The van der Waals surface area contributed by atoms with Crippen molar-refractivity contribution in [3.8, 4) is 6.07 Å². The molecule has 4 saturated carbocycles. The summed E-state index contributed by atoms with van der Waals surface area (Å²) in [6, 6.07) is 2.63. The van der Waals surface area contributed by atoms with Crippen LogP contribution in [0.3, 0.4) is 0 Å². The standard InChI is InChI=1S/C14H18N4/c15-6-12-7-18(17-14(12)16)13-10-2-8-1-9(4-10)5-11(13)3-8/h7-11,13H,1-5H2,(H2,16,17). The molecule has 0 radical (unpaired) electrons. The maximum atomic E-state index is 9.00. The number of nitrogens with zero attached hydrogens (tertiary/aromatic N) is 3. The fourth-order valence-corrected chi connectivity index (χ4v) is 4.97. The second-order valence-electron chi connectivity index (χ2n) is 6.44. The Morgan fingerprint density at radius 2 is 1.78 bits per heavy atom. The Bertz CT molecular complexity index is 496. The predicted molar refractivity (Wildman–Crippen MR) is 67.4 cm³/mol.